The Balaban J connectivity index is 1.69. The number of fused-ring (bicyclic) bond motifs is 1. The molecule has 0 N–H and O–H groups in total. The molecule has 0 amide bonds. The molecule has 3 heterocycles. The van der Waals surface area contributed by atoms with Gasteiger partial charge in [0.2, 0.25) is 0 Å². The zero-order valence-corrected chi connectivity index (χ0v) is 16.3. The first-order valence-electron chi connectivity index (χ1n) is 9.40. The lowest BCUT2D eigenvalue weighted by molar-refractivity contribution is 0.0222. The minimum absolute atomic E-state index is 0.0139. The molecule has 0 saturated carbocycles. The summed E-state index contributed by atoms with van der Waals surface area (Å²) in [5.74, 6) is -4.44. The van der Waals surface area contributed by atoms with Gasteiger partial charge in [-0.1, -0.05) is 12.1 Å². The van der Waals surface area contributed by atoms with Crippen LogP contribution in [0.4, 0.5) is 23.8 Å². The van der Waals surface area contributed by atoms with Crippen LogP contribution in [0.15, 0.2) is 42.7 Å². The van der Waals surface area contributed by atoms with Crippen molar-refractivity contribution in [1.29, 1.82) is 0 Å². The molecule has 1 atom stereocenters. The van der Waals surface area contributed by atoms with E-state index in [1.807, 2.05) is 0 Å². The number of esters is 1. The van der Waals surface area contributed by atoms with Crippen molar-refractivity contribution in [3.05, 3.63) is 59.7 Å². The van der Waals surface area contributed by atoms with E-state index in [0.717, 1.165) is 6.20 Å². The predicted molar refractivity (Wildman–Crippen MR) is 101 cm³/mol. The quantitative estimate of drug-likeness (QED) is 0.456. The monoisotopic (exact) mass is 434 g/mol. The highest BCUT2D eigenvalue weighted by Crippen LogP contribution is 2.43. The fourth-order valence-corrected chi connectivity index (χ4v) is 3.51. The number of carbonyl (C=O) groups is 2. The molecule has 2 aromatic heterocycles. The van der Waals surface area contributed by atoms with E-state index < -0.39 is 42.9 Å². The number of ether oxygens (including phenoxy) is 2. The van der Waals surface area contributed by atoms with Crippen LogP contribution in [0.2, 0.25) is 0 Å². The Bertz CT molecular complexity index is 1150. The largest absolute Gasteiger partial charge is 0.516 e. The van der Waals surface area contributed by atoms with Gasteiger partial charge in [0, 0.05) is 12.6 Å². The number of hydrogen-bond donors (Lipinski definition) is 0. The zero-order valence-electron chi connectivity index (χ0n) is 16.3. The lowest BCUT2D eigenvalue weighted by atomic mass is 10.0. The first-order chi connectivity index (χ1) is 14.8. The summed E-state index contributed by atoms with van der Waals surface area (Å²) in [6.07, 6.45) is 0.905. The maximum absolute atomic E-state index is 14.3. The van der Waals surface area contributed by atoms with E-state index in [-0.39, 0.29) is 23.6 Å². The maximum atomic E-state index is 14.3. The van der Waals surface area contributed by atoms with Gasteiger partial charge in [0.05, 0.1) is 25.4 Å². The van der Waals surface area contributed by atoms with Crippen LogP contribution in [0.3, 0.4) is 0 Å². The van der Waals surface area contributed by atoms with Crippen LogP contribution >= 0.6 is 0 Å². The average Bonchev–Trinajstić information content (AvgIpc) is 3.28. The molecular weight excluding hydrogens is 417 g/mol. The molecule has 4 rings (SSSR count). The van der Waals surface area contributed by atoms with E-state index in [2.05, 4.69) is 19.6 Å². The third kappa shape index (κ3) is 4.16. The van der Waals surface area contributed by atoms with E-state index in [4.69, 9.17) is 0 Å². The Morgan fingerprint density at radius 1 is 1.29 bits per heavy atom. The summed E-state index contributed by atoms with van der Waals surface area (Å²) in [6.45, 7) is 0.942. The Morgan fingerprint density at radius 2 is 2.10 bits per heavy atom. The number of halogens is 3. The highest BCUT2D eigenvalue weighted by atomic mass is 19.3. The predicted octanol–water partition coefficient (Wildman–Crippen LogP) is 3.77. The van der Waals surface area contributed by atoms with E-state index >= 15 is 0 Å². The highest BCUT2D eigenvalue weighted by molar-refractivity contribution is 6.00. The molecule has 1 saturated heterocycles. The molecule has 1 aromatic carbocycles. The van der Waals surface area contributed by atoms with Crippen molar-refractivity contribution in [2.75, 3.05) is 18.1 Å². The summed E-state index contributed by atoms with van der Waals surface area (Å²) < 4.78 is 52.7. The molecule has 8 nitrogen and oxygen atoms in total. The highest BCUT2D eigenvalue weighted by Gasteiger charge is 2.46. The molecule has 31 heavy (non-hydrogen) atoms. The molecule has 0 bridgehead atoms. The van der Waals surface area contributed by atoms with Gasteiger partial charge in [-0.25, -0.2) is 32.3 Å². The summed E-state index contributed by atoms with van der Waals surface area (Å²) in [5, 5.41) is 3.96. The summed E-state index contributed by atoms with van der Waals surface area (Å²) >= 11 is 0. The summed E-state index contributed by atoms with van der Waals surface area (Å²) in [4.78, 5) is 29.3. The summed E-state index contributed by atoms with van der Waals surface area (Å²) in [7, 11) is 0. The van der Waals surface area contributed by atoms with Crippen molar-refractivity contribution >= 4 is 23.6 Å². The number of aromatic nitrogens is 3. The molecule has 1 fully saturated rings. The fourth-order valence-electron chi connectivity index (χ4n) is 3.51. The Morgan fingerprint density at radius 3 is 2.84 bits per heavy atom. The van der Waals surface area contributed by atoms with Crippen molar-refractivity contribution in [3.63, 3.8) is 0 Å². The van der Waals surface area contributed by atoms with Crippen molar-refractivity contribution in [2.24, 2.45) is 0 Å². The smallest absolute Gasteiger partial charge is 0.434 e. The van der Waals surface area contributed by atoms with Gasteiger partial charge in [-0.3, -0.25) is 0 Å². The van der Waals surface area contributed by atoms with Gasteiger partial charge in [-0.15, -0.1) is 0 Å². The topological polar surface area (TPSA) is 86.0 Å². The number of hydrogen-bond acceptors (Lipinski definition) is 7. The standard InChI is InChI=1S/C20H17F3N4O4/c1-2-30-19(29)31-18(28)14-10-24-27-7-6-16(25-17(14)27)26-11-20(22,23)9-15(26)12-4-3-5-13(21)8-12/h3-8,10,15H,2,9,11H2,1H3. The van der Waals surface area contributed by atoms with Gasteiger partial charge in [0.15, 0.2) is 5.65 Å². The molecule has 11 heteroatoms. The molecule has 1 aliphatic rings. The normalized spacial score (nSPS) is 17.7. The van der Waals surface area contributed by atoms with Gasteiger partial charge >= 0.3 is 12.1 Å². The third-order valence-corrected chi connectivity index (χ3v) is 4.81. The van der Waals surface area contributed by atoms with Gasteiger partial charge in [0.1, 0.15) is 17.2 Å². The van der Waals surface area contributed by atoms with Gasteiger partial charge in [-0.05, 0) is 30.7 Å². The number of anilines is 1. The Kier molecular flexibility index (Phi) is 5.25. The lowest BCUT2D eigenvalue weighted by Crippen LogP contribution is -2.27. The summed E-state index contributed by atoms with van der Waals surface area (Å²) in [6, 6.07) is 6.11. The second-order valence-corrected chi connectivity index (χ2v) is 6.94. The fraction of sp³-hybridized carbons (Fsp3) is 0.300. The molecule has 0 aliphatic carbocycles. The van der Waals surface area contributed by atoms with Crippen molar-refractivity contribution in [3.8, 4) is 0 Å². The molecule has 3 aromatic rings. The first-order valence-corrected chi connectivity index (χ1v) is 9.40. The first kappa shape index (κ1) is 20.6. The molecule has 1 unspecified atom stereocenters. The van der Waals surface area contributed by atoms with Crippen LogP contribution in [0.25, 0.3) is 5.65 Å². The molecule has 0 radical (unpaired) electrons. The van der Waals surface area contributed by atoms with Crippen LogP contribution in [0.1, 0.15) is 35.3 Å². The number of carbonyl (C=O) groups excluding carboxylic acids is 2. The number of benzene rings is 1. The van der Waals surface area contributed by atoms with Crippen LogP contribution in [0.5, 0.6) is 0 Å². The minimum atomic E-state index is -3.02. The zero-order chi connectivity index (χ0) is 22.2. The van der Waals surface area contributed by atoms with Gasteiger partial charge < -0.3 is 14.4 Å². The second-order valence-electron chi connectivity index (χ2n) is 6.94. The van der Waals surface area contributed by atoms with Crippen LogP contribution in [-0.2, 0) is 9.47 Å². The molecular formula is C20H17F3N4O4. The molecule has 0 spiro atoms. The second kappa shape index (κ2) is 7.89. The average molecular weight is 434 g/mol. The summed E-state index contributed by atoms with van der Waals surface area (Å²) in [5.41, 5.74) is 0.262. The van der Waals surface area contributed by atoms with Crippen molar-refractivity contribution in [1.82, 2.24) is 14.6 Å². The number of alkyl halides is 2. The van der Waals surface area contributed by atoms with Crippen LogP contribution < -0.4 is 4.90 Å². The maximum Gasteiger partial charge on any atom is 0.516 e. The Hall–Kier alpha value is -3.63. The van der Waals surface area contributed by atoms with Crippen molar-refractivity contribution < 1.29 is 32.2 Å². The lowest BCUT2D eigenvalue weighted by Gasteiger charge is -2.25. The van der Waals surface area contributed by atoms with Crippen molar-refractivity contribution in [2.45, 2.75) is 25.3 Å². The van der Waals surface area contributed by atoms with Gasteiger partial charge in [-0.2, -0.15) is 5.10 Å². The molecule has 1 aliphatic heterocycles. The van der Waals surface area contributed by atoms with E-state index in [0.29, 0.717) is 5.56 Å². The minimum Gasteiger partial charge on any atom is -0.434 e. The third-order valence-electron chi connectivity index (χ3n) is 4.81. The van der Waals surface area contributed by atoms with E-state index in [1.165, 1.54) is 39.9 Å². The Labute approximate surface area is 174 Å². The van der Waals surface area contributed by atoms with Crippen LogP contribution in [0, 0.1) is 5.82 Å². The van der Waals surface area contributed by atoms with Crippen LogP contribution in [-0.4, -0.2) is 45.8 Å². The number of nitrogens with zero attached hydrogens (tertiary/aromatic N) is 4. The van der Waals surface area contributed by atoms with E-state index in [1.54, 1.807) is 13.0 Å². The number of rotatable bonds is 4. The van der Waals surface area contributed by atoms with E-state index in [9.17, 15) is 22.8 Å². The molecule has 162 valence electrons. The van der Waals surface area contributed by atoms with Gasteiger partial charge in [0.25, 0.3) is 5.92 Å². The SMILES string of the molecule is CCOC(=O)OC(=O)c1cnn2ccc(N3CC(F)(F)CC3c3cccc(F)c3)nc12.